The van der Waals surface area contributed by atoms with Gasteiger partial charge in [0, 0.05) is 12.8 Å². The molecule has 11 unspecified atom stereocenters. The van der Waals surface area contributed by atoms with Crippen molar-refractivity contribution >= 4 is 11.9 Å². The normalized spacial score (nSPS) is 27.0. The van der Waals surface area contributed by atoms with Gasteiger partial charge >= 0.3 is 11.9 Å². The van der Waals surface area contributed by atoms with Gasteiger partial charge in [-0.2, -0.15) is 0 Å². The van der Waals surface area contributed by atoms with Crippen molar-refractivity contribution < 1.29 is 73.8 Å². The third-order valence-electron chi connectivity index (χ3n) is 11.3. The Morgan fingerprint density at radius 3 is 1.52 bits per heavy atom. The topological polar surface area (TPSA) is 231 Å². The van der Waals surface area contributed by atoms with E-state index in [0.29, 0.717) is 12.8 Å². The van der Waals surface area contributed by atoms with Crippen molar-refractivity contribution in [3.05, 3.63) is 48.6 Å². The van der Waals surface area contributed by atoms with Crippen molar-refractivity contribution in [3.63, 3.8) is 0 Å². The number of carbonyl (C=O) groups is 2. The van der Waals surface area contributed by atoms with Gasteiger partial charge in [-0.1, -0.05) is 120 Å². The number of carbonyl (C=O) groups excluding carboxylic acids is 2. The summed E-state index contributed by atoms with van der Waals surface area (Å²) < 4.78 is 33.5. The smallest absolute Gasteiger partial charge is 0.306 e. The van der Waals surface area contributed by atoms with Gasteiger partial charge in [-0.15, -0.1) is 0 Å². The Kier molecular flexibility index (Phi) is 32.9. The molecular weight excluding hydrogens is 829 g/mol. The van der Waals surface area contributed by atoms with Crippen LogP contribution >= 0.6 is 0 Å². The van der Waals surface area contributed by atoms with Crippen molar-refractivity contribution in [2.75, 3.05) is 26.4 Å². The van der Waals surface area contributed by atoms with Gasteiger partial charge in [0.1, 0.15) is 55.4 Å². The molecule has 15 nitrogen and oxygen atoms in total. The van der Waals surface area contributed by atoms with Crippen LogP contribution in [-0.4, -0.2) is 142 Å². The third kappa shape index (κ3) is 24.8. The van der Waals surface area contributed by atoms with Crippen molar-refractivity contribution in [1.29, 1.82) is 0 Å². The van der Waals surface area contributed by atoms with Crippen LogP contribution in [0.15, 0.2) is 48.6 Å². The molecule has 64 heavy (non-hydrogen) atoms. The number of aliphatic hydroxyl groups excluding tert-OH is 7. The van der Waals surface area contributed by atoms with E-state index in [1.54, 1.807) is 0 Å². The van der Waals surface area contributed by atoms with Crippen molar-refractivity contribution in [2.45, 2.75) is 223 Å². The summed E-state index contributed by atoms with van der Waals surface area (Å²) in [7, 11) is 0. The molecule has 15 heteroatoms. The SMILES string of the molecule is CCC/C=C\C/C=C\CCCCCCCC(=O)OCC(COC1OC(COC2OC(CO)C(O)C(O)C2O)C(O)C(O)C1O)OC(=O)CCCCCCC/C=C\C/C=C\CCCCC. The van der Waals surface area contributed by atoms with E-state index in [1.807, 2.05) is 0 Å². The van der Waals surface area contributed by atoms with Crippen LogP contribution in [-0.2, 0) is 38.0 Å². The molecule has 0 amide bonds. The van der Waals surface area contributed by atoms with Crippen LogP contribution in [0.2, 0.25) is 0 Å². The highest BCUT2D eigenvalue weighted by Gasteiger charge is 2.47. The Morgan fingerprint density at radius 1 is 0.500 bits per heavy atom. The fraction of sp³-hybridized carbons (Fsp3) is 0.796. The maximum Gasteiger partial charge on any atom is 0.306 e. The number of hydrogen-bond acceptors (Lipinski definition) is 15. The lowest BCUT2D eigenvalue weighted by Gasteiger charge is -2.42. The standard InChI is InChI=1S/C49H84O15/c1-3-5-7-9-11-13-15-17-18-20-22-24-26-28-30-32-41(52)62-37(34-59-40(51)31-29-27-25-23-21-19-16-14-12-10-8-6-4-2)35-60-48-47(58)45(56)43(54)39(64-48)36-61-49-46(57)44(55)42(53)38(33-50)63-49/h8,10-11,13-14,16-18,37-39,42-50,53-58H,3-7,9,12,15,19-36H2,1-2H3/b10-8-,13-11-,16-14-,18-17-. The van der Waals surface area contributed by atoms with E-state index in [2.05, 4.69) is 62.5 Å². The lowest BCUT2D eigenvalue weighted by atomic mass is 9.98. The Morgan fingerprint density at radius 2 is 0.969 bits per heavy atom. The fourth-order valence-electron chi connectivity index (χ4n) is 7.22. The van der Waals surface area contributed by atoms with Gasteiger partial charge in [-0.3, -0.25) is 9.59 Å². The number of ether oxygens (including phenoxy) is 6. The lowest BCUT2D eigenvalue weighted by Crippen LogP contribution is -2.61. The molecular formula is C49H84O15. The largest absolute Gasteiger partial charge is 0.462 e. The van der Waals surface area contributed by atoms with Gasteiger partial charge < -0.3 is 64.2 Å². The molecule has 370 valence electrons. The number of rotatable bonds is 36. The molecule has 2 heterocycles. The molecule has 2 aliphatic heterocycles. The summed E-state index contributed by atoms with van der Waals surface area (Å²) in [6.07, 6.45) is 21.4. The Bertz CT molecular complexity index is 1300. The molecule has 2 aliphatic rings. The highest BCUT2D eigenvalue weighted by atomic mass is 16.7. The van der Waals surface area contributed by atoms with E-state index in [-0.39, 0.29) is 19.4 Å². The van der Waals surface area contributed by atoms with Crippen LogP contribution in [0, 0.1) is 0 Å². The minimum absolute atomic E-state index is 0.144. The molecule has 11 atom stereocenters. The maximum atomic E-state index is 13.0. The predicted molar refractivity (Wildman–Crippen MR) is 243 cm³/mol. The van der Waals surface area contributed by atoms with Crippen LogP contribution in [0.3, 0.4) is 0 Å². The number of hydrogen-bond donors (Lipinski definition) is 7. The van der Waals surface area contributed by atoms with Crippen LogP contribution in [0.5, 0.6) is 0 Å². The van der Waals surface area contributed by atoms with E-state index < -0.39 is 99.3 Å². The monoisotopic (exact) mass is 913 g/mol. The Hall–Kier alpha value is -2.54. The van der Waals surface area contributed by atoms with Gasteiger partial charge in [0.25, 0.3) is 0 Å². The van der Waals surface area contributed by atoms with E-state index in [0.717, 1.165) is 96.3 Å². The number of allylic oxidation sites excluding steroid dienone is 8. The summed E-state index contributed by atoms with van der Waals surface area (Å²) in [5.74, 6) is -0.962. The Labute approximate surface area is 382 Å². The molecule has 0 aromatic heterocycles. The highest BCUT2D eigenvalue weighted by Crippen LogP contribution is 2.26. The van der Waals surface area contributed by atoms with Gasteiger partial charge in [0.2, 0.25) is 0 Å². The van der Waals surface area contributed by atoms with Gasteiger partial charge in [-0.05, 0) is 70.6 Å². The van der Waals surface area contributed by atoms with Crippen molar-refractivity contribution in [1.82, 2.24) is 0 Å². The second-order valence-corrected chi connectivity index (χ2v) is 16.9. The summed E-state index contributed by atoms with van der Waals surface area (Å²) in [5, 5.41) is 71.9. The predicted octanol–water partition coefficient (Wildman–Crippen LogP) is 5.93. The first kappa shape index (κ1) is 57.6. The zero-order chi connectivity index (χ0) is 46.8. The average molecular weight is 913 g/mol. The first-order valence-electron chi connectivity index (χ1n) is 24.2. The molecule has 2 rings (SSSR count). The van der Waals surface area contributed by atoms with Crippen molar-refractivity contribution in [2.24, 2.45) is 0 Å². The van der Waals surface area contributed by atoms with E-state index >= 15 is 0 Å². The molecule has 0 aromatic rings. The van der Waals surface area contributed by atoms with Gasteiger partial charge in [-0.25, -0.2) is 0 Å². The highest BCUT2D eigenvalue weighted by molar-refractivity contribution is 5.70. The summed E-state index contributed by atoms with van der Waals surface area (Å²) in [6.45, 7) is 2.45. The molecule has 0 bridgehead atoms. The summed E-state index contributed by atoms with van der Waals surface area (Å²) in [5.41, 5.74) is 0. The number of unbranched alkanes of at least 4 members (excludes halogenated alkanes) is 14. The molecule has 2 saturated heterocycles. The van der Waals surface area contributed by atoms with Crippen LogP contribution < -0.4 is 0 Å². The molecule has 0 spiro atoms. The quantitative estimate of drug-likeness (QED) is 0.0220. The first-order chi connectivity index (χ1) is 31.0. The zero-order valence-corrected chi connectivity index (χ0v) is 38.8. The van der Waals surface area contributed by atoms with Gasteiger partial charge in [0.05, 0.1) is 19.8 Å². The van der Waals surface area contributed by atoms with Crippen LogP contribution in [0.25, 0.3) is 0 Å². The van der Waals surface area contributed by atoms with Crippen LogP contribution in [0.1, 0.15) is 155 Å². The molecule has 0 radical (unpaired) electrons. The third-order valence-corrected chi connectivity index (χ3v) is 11.3. The van der Waals surface area contributed by atoms with Gasteiger partial charge in [0.15, 0.2) is 18.7 Å². The maximum absolute atomic E-state index is 13.0. The second-order valence-electron chi connectivity index (χ2n) is 16.9. The fourth-order valence-corrected chi connectivity index (χ4v) is 7.22. The summed E-state index contributed by atoms with van der Waals surface area (Å²) in [6, 6.07) is 0. The molecule has 7 N–H and O–H groups in total. The average Bonchev–Trinajstić information content (AvgIpc) is 3.29. The van der Waals surface area contributed by atoms with Crippen molar-refractivity contribution in [3.8, 4) is 0 Å². The lowest BCUT2D eigenvalue weighted by molar-refractivity contribution is -0.332. The van der Waals surface area contributed by atoms with Crippen LogP contribution in [0.4, 0.5) is 0 Å². The minimum atomic E-state index is -1.77. The number of aliphatic hydroxyl groups is 7. The summed E-state index contributed by atoms with van der Waals surface area (Å²) >= 11 is 0. The minimum Gasteiger partial charge on any atom is -0.462 e. The van der Waals surface area contributed by atoms with E-state index in [4.69, 9.17) is 28.4 Å². The molecule has 0 aliphatic carbocycles. The summed E-state index contributed by atoms with van der Waals surface area (Å²) in [4.78, 5) is 25.7. The molecule has 2 fully saturated rings. The first-order valence-corrected chi connectivity index (χ1v) is 24.2. The zero-order valence-electron chi connectivity index (χ0n) is 38.8. The van der Waals surface area contributed by atoms with E-state index in [1.165, 1.54) is 19.3 Å². The Balaban J connectivity index is 1.85. The second kappa shape index (κ2) is 36.6. The number of esters is 2. The molecule has 0 saturated carbocycles. The molecule has 0 aromatic carbocycles. The van der Waals surface area contributed by atoms with E-state index in [9.17, 15) is 45.3 Å².